The van der Waals surface area contributed by atoms with Gasteiger partial charge in [-0.05, 0) is 43.5 Å². The Hall–Kier alpha value is -1.81. The highest BCUT2D eigenvalue weighted by Gasteiger charge is 2.30. The topological polar surface area (TPSA) is 59.3 Å². The summed E-state index contributed by atoms with van der Waals surface area (Å²) in [6.07, 6.45) is 1.48. The first kappa shape index (κ1) is 12.6. The van der Waals surface area contributed by atoms with E-state index in [1.54, 1.807) is 24.3 Å². The molecular formula is C13H12ClNO3. The quantitative estimate of drug-likeness (QED) is 0.907. The number of halogens is 1. The van der Waals surface area contributed by atoms with E-state index in [1.807, 2.05) is 0 Å². The number of hydrogen-bond acceptors (Lipinski definition) is 2. The fourth-order valence-corrected chi connectivity index (χ4v) is 1.94. The number of hydrogen-bond donors (Lipinski definition) is 1. The number of carbonyl (C=O) groups is 1. The van der Waals surface area contributed by atoms with Crippen LogP contribution >= 0.6 is 11.6 Å². The highest BCUT2D eigenvalue weighted by Crippen LogP contribution is 2.19. The predicted molar refractivity (Wildman–Crippen MR) is 70.2 cm³/mol. The molecule has 1 N–H and O–H groups in total. The molecule has 0 saturated carbocycles. The third kappa shape index (κ3) is 1.88. The van der Waals surface area contributed by atoms with Crippen molar-refractivity contribution in [1.29, 1.82) is 0 Å². The van der Waals surface area contributed by atoms with Crippen LogP contribution in [0.15, 0.2) is 35.3 Å². The predicted octanol–water partition coefficient (Wildman–Crippen LogP) is 2.47. The Labute approximate surface area is 108 Å². The monoisotopic (exact) mass is 265 g/mol. The molecule has 4 nitrogen and oxygen atoms in total. The molecule has 0 spiro atoms. The van der Waals surface area contributed by atoms with Crippen LogP contribution in [0.2, 0.25) is 5.02 Å². The number of carboxylic acids is 1. The van der Waals surface area contributed by atoms with E-state index in [0.29, 0.717) is 15.8 Å². The maximum atomic E-state index is 12.2. The summed E-state index contributed by atoms with van der Waals surface area (Å²) >= 11 is 5.85. The van der Waals surface area contributed by atoms with Gasteiger partial charge in [-0.15, -0.1) is 0 Å². The Balaban J connectivity index is 2.77. The molecule has 0 aliphatic heterocycles. The minimum Gasteiger partial charge on any atom is -0.480 e. The van der Waals surface area contributed by atoms with E-state index in [1.165, 1.54) is 24.6 Å². The molecule has 0 bridgehead atoms. The van der Waals surface area contributed by atoms with E-state index in [0.717, 1.165) is 0 Å². The van der Waals surface area contributed by atoms with E-state index in [9.17, 15) is 9.59 Å². The van der Waals surface area contributed by atoms with Crippen LogP contribution in [-0.4, -0.2) is 15.6 Å². The van der Waals surface area contributed by atoms with Crippen LogP contribution in [0, 0.1) is 0 Å². The Bertz CT molecular complexity index is 688. The van der Waals surface area contributed by atoms with Crippen LogP contribution in [0.1, 0.15) is 13.8 Å². The fraction of sp³-hybridized carbons (Fsp3) is 0.231. The number of carboxylic acid groups (broad SMARTS) is 1. The average molecular weight is 266 g/mol. The number of nitrogens with zero attached hydrogens (tertiary/aromatic N) is 1. The van der Waals surface area contributed by atoms with Crippen molar-refractivity contribution < 1.29 is 9.90 Å². The van der Waals surface area contributed by atoms with Crippen LogP contribution in [-0.2, 0) is 10.3 Å². The highest BCUT2D eigenvalue weighted by atomic mass is 35.5. The van der Waals surface area contributed by atoms with Crippen LogP contribution in [0.3, 0.4) is 0 Å². The summed E-state index contributed by atoms with van der Waals surface area (Å²) in [7, 11) is 0. The van der Waals surface area contributed by atoms with E-state index in [4.69, 9.17) is 16.7 Å². The van der Waals surface area contributed by atoms with Crippen molar-refractivity contribution >= 4 is 28.3 Å². The number of fused-ring (bicyclic) bond motifs is 1. The molecule has 0 fully saturated rings. The Morgan fingerprint density at radius 1 is 1.33 bits per heavy atom. The summed E-state index contributed by atoms with van der Waals surface area (Å²) in [4.78, 5) is 23.4. The smallest absolute Gasteiger partial charge is 0.329 e. The number of aromatic nitrogens is 1. The van der Waals surface area contributed by atoms with Gasteiger partial charge in [0.15, 0.2) is 0 Å². The maximum absolute atomic E-state index is 12.2. The SMILES string of the molecule is CC(C)(C(=O)O)n1ccc2cc(Cl)ccc2c1=O. The second kappa shape index (κ2) is 4.14. The van der Waals surface area contributed by atoms with Crippen molar-refractivity contribution in [2.75, 3.05) is 0 Å². The van der Waals surface area contributed by atoms with Gasteiger partial charge in [-0.3, -0.25) is 9.36 Å². The zero-order chi connectivity index (χ0) is 13.5. The van der Waals surface area contributed by atoms with Gasteiger partial charge < -0.3 is 5.11 Å². The molecule has 2 aromatic rings. The molecule has 0 aliphatic rings. The van der Waals surface area contributed by atoms with E-state index >= 15 is 0 Å². The van der Waals surface area contributed by atoms with Gasteiger partial charge in [-0.1, -0.05) is 11.6 Å². The maximum Gasteiger partial charge on any atom is 0.329 e. The van der Waals surface area contributed by atoms with Gasteiger partial charge in [0.25, 0.3) is 5.56 Å². The molecule has 0 unspecified atom stereocenters. The molecule has 0 atom stereocenters. The lowest BCUT2D eigenvalue weighted by atomic mass is 10.0. The minimum absolute atomic E-state index is 0.337. The van der Waals surface area contributed by atoms with Crippen molar-refractivity contribution in [3.63, 3.8) is 0 Å². The zero-order valence-electron chi connectivity index (χ0n) is 9.98. The zero-order valence-corrected chi connectivity index (χ0v) is 10.7. The summed E-state index contributed by atoms with van der Waals surface area (Å²) in [5.41, 5.74) is -1.62. The van der Waals surface area contributed by atoms with Crippen LogP contribution in [0.25, 0.3) is 10.8 Å². The number of benzene rings is 1. The van der Waals surface area contributed by atoms with Crippen molar-refractivity contribution in [2.45, 2.75) is 19.4 Å². The van der Waals surface area contributed by atoms with Crippen molar-refractivity contribution in [2.24, 2.45) is 0 Å². The standard InChI is InChI=1S/C13H12ClNO3/c1-13(2,12(17)18)15-6-5-8-7-9(14)3-4-10(8)11(15)16/h3-7H,1-2H3,(H,17,18). The molecular weight excluding hydrogens is 254 g/mol. The van der Waals surface area contributed by atoms with Gasteiger partial charge in [-0.25, -0.2) is 4.79 Å². The summed E-state index contributed by atoms with van der Waals surface area (Å²) in [6, 6.07) is 6.58. The lowest BCUT2D eigenvalue weighted by Gasteiger charge is -2.22. The van der Waals surface area contributed by atoms with Gasteiger partial charge in [0, 0.05) is 16.6 Å². The van der Waals surface area contributed by atoms with Gasteiger partial charge in [0.2, 0.25) is 0 Å². The minimum atomic E-state index is -1.29. The molecule has 0 radical (unpaired) electrons. The molecule has 18 heavy (non-hydrogen) atoms. The first-order valence-electron chi connectivity index (χ1n) is 5.39. The van der Waals surface area contributed by atoms with E-state index in [2.05, 4.69) is 0 Å². The second-order valence-corrected chi connectivity index (χ2v) is 5.02. The number of pyridine rings is 1. The molecule has 0 aliphatic carbocycles. The fourth-order valence-electron chi connectivity index (χ4n) is 1.76. The molecule has 1 aromatic carbocycles. The number of rotatable bonds is 2. The normalized spacial score (nSPS) is 11.7. The Morgan fingerprint density at radius 2 is 2.00 bits per heavy atom. The average Bonchev–Trinajstić information content (AvgIpc) is 2.28. The van der Waals surface area contributed by atoms with Crippen LogP contribution < -0.4 is 5.56 Å². The third-order valence-corrected chi connectivity index (χ3v) is 3.23. The van der Waals surface area contributed by atoms with E-state index in [-0.39, 0.29) is 5.56 Å². The molecule has 2 rings (SSSR count). The largest absolute Gasteiger partial charge is 0.480 e. The third-order valence-electron chi connectivity index (χ3n) is 2.99. The molecule has 1 aromatic heterocycles. The lowest BCUT2D eigenvalue weighted by molar-refractivity contribution is -0.145. The van der Waals surface area contributed by atoms with Gasteiger partial charge in [0.1, 0.15) is 5.54 Å². The second-order valence-electron chi connectivity index (χ2n) is 4.59. The first-order valence-corrected chi connectivity index (χ1v) is 5.76. The molecule has 1 heterocycles. The van der Waals surface area contributed by atoms with Crippen LogP contribution in [0.5, 0.6) is 0 Å². The summed E-state index contributed by atoms with van der Waals surface area (Å²) < 4.78 is 1.21. The molecule has 94 valence electrons. The summed E-state index contributed by atoms with van der Waals surface area (Å²) in [6.45, 7) is 2.97. The Morgan fingerprint density at radius 3 is 2.61 bits per heavy atom. The van der Waals surface area contributed by atoms with Crippen LogP contribution in [0.4, 0.5) is 0 Å². The molecule has 0 amide bonds. The number of aliphatic carboxylic acids is 1. The van der Waals surface area contributed by atoms with Gasteiger partial charge in [0.05, 0.1) is 0 Å². The van der Waals surface area contributed by atoms with Crippen molar-refractivity contribution in [3.8, 4) is 0 Å². The molecule has 0 saturated heterocycles. The summed E-state index contributed by atoms with van der Waals surface area (Å²) in [5, 5.41) is 10.8. The highest BCUT2D eigenvalue weighted by molar-refractivity contribution is 6.31. The van der Waals surface area contributed by atoms with E-state index < -0.39 is 11.5 Å². The van der Waals surface area contributed by atoms with Gasteiger partial charge >= 0.3 is 5.97 Å². The van der Waals surface area contributed by atoms with Crippen molar-refractivity contribution in [3.05, 3.63) is 45.8 Å². The first-order chi connectivity index (χ1) is 8.34. The van der Waals surface area contributed by atoms with Crippen molar-refractivity contribution in [1.82, 2.24) is 4.57 Å². The molecule has 5 heteroatoms. The lowest BCUT2D eigenvalue weighted by Crippen LogP contribution is -2.42. The van der Waals surface area contributed by atoms with Gasteiger partial charge in [-0.2, -0.15) is 0 Å². The Kier molecular flexibility index (Phi) is 2.91. The summed E-state index contributed by atoms with van der Waals surface area (Å²) in [5.74, 6) is -1.06.